The molecule has 1 heterocycles. The normalized spacial score (nSPS) is 17.0. The number of piperidine rings is 1. The average molecular weight is 309 g/mol. The monoisotopic (exact) mass is 309 g/mol. The molecule has 0 bridgehead atoms. The van der Waals surface area contributed by atoms with E-state index in [9.17, 15) is 14.7 Å². The Kier molecular flexibility index (Phi) is 4.56. The molecule has 0 radical (unpaired) electrons. The molecule has 1 aliphatic heterocycles. The van der Waals surface area contributed by atoms with Gasteiger partial charge in [-0.15, -0.1) is 0 Å². The van der Waals surface area contributed by atoms with Gasteiger partial charge in [0.25, 0.3) is 5.91 Å². The molecule has 1 aliphatic rings. The van der Waals surface area contributed by atoms with Crippen molar-refractivity contribution >= 4 is 11.9 Å². The number of aliphatic hydroxyl groups is 1. The van der Waals surface area contributed by atoms with E-state index in [4.69, 9.17) is 14.6 Å². The van der Waals surface area contributed by atoms with Gasteiger partial charge in [0, 0.05) is 25.9 Å². The summed E-state index contributed by atoms with van der Waals surface area (Å²) >= 11 is 0. The van der Waals surface area contributed by atoms with Gasteiger partial charge in [0.2, 0.25) is 0 Å². The second-order valence-electron chi connectivity index (χ2n) is 5.17. The lowest BCUT2D eigenvalue weighted by atomic mass is 9.91. The summed E-state index contributed by atoms with van der Waals surface area (Å²) in [5.74, 6) is -0.775. The molecule has 1 saturated heterocycles. The summed E-state index contributed by atoms with van der Waals surface area (Å²) in [6.07, 6.45) is -0.0168. The Morgan fingerprint density at radius 2 is 1.64 bits per heavy atom. The number of aliphatic carboxylic acids is 1. The van der Waals surface area contributed by atoms with E-state index in [-0.39, 0.29) is 31.8 Å². The third-order valence-corrected chi connectivity index (χ3v) is 3.92. The standard InChI is InChI=1S/C15H19NO6/c1-21-10-4-3-5-11(22-2)12(10)13(17)16-8-6-15(20,7-9-16)14(18)19/h3-5,20H,6-9H2,1-2H3,(H,18,19). The van der Waals surface area contributed by atoms with Gasteiger partial charge in [0.1, 0.15) is 17.1 Å². The van der Waals surface area contributed by atoms with Crippen molar-refractivity contribution in [2.75, 3.05) is 27.3 Å². The number of methoxy groups -OCH3 is 2. The van der Waals surface area contributed by atoms with Crippen LogP contribution in [0, 0.1) is 0 Å². The van der Waals surface area contributed by atoms with Crippen LogP contribution in [0.1, 0.15) is 23.2 Å². The zero-order valence-corrected chi connectivity index (χ0v) is 12.5. The van der Waals surface area contributed by atoms with E-state index in [0.29, 0.717) is 17.1 Å². The molecule has 0 aliphatic carbocycles. The number of nitrogens with zero attached hydrogens (tertiary/aromatic N) is 1. The van der Waals surface area contributed by atoms with Crippen molar-refractivity contribution in [3.8, 4) is 11.5 Å². The summed E-state index contributed by atoms with van der Waals surface area (Å²) in [7, 11) is 2.93. The van der Waals surface area contributed by atoms with Crippen LogP contribution in [0.3, 0.4) is 0 Å². The molecule has 0 saturated carbocycles. The number of carboxylic acids is 1. The lowest BCUT2D eigenvalue weighted by molar-refractivity contribution is -0.162. The summed E-state index contributed by atoms with van der Waals surface area (Å²) in [5.41, 5.74) is -1.46. The number of amides is 1. The summed E-state index contributed by atoms with van der Waals surface area (Å²) in [6.45, 7) is 0.311. The van der Waals surface area contributed by atoms with Crippen molar-refractivity contribution in [1.82, 2.24) is 4.90 Å². The second kappa shape index (κ2) is 6.23. The maximum absolute atomic E-state index is 12.7. The van der Waals surface area contributed by atoms with Crippen LogP contribution >= 0.6 is 0 Å². The Bertz CT molecular complexity index is 555. The van der Waals surface area contributed by atoms with Crippen LogP contribution < -0.4 is 9.47 Å². The average Bonchev–Trinajstić information content (AvgIpc) is 2.53. The molecule has 120 valence electrons. The molecule has 2 N–H and O–H groups in total. The molecule has 22 heavy (non-hydrogen) atoms. The molecule has 1 amide bonds. The van der Waals surface area contributed by atoms with E-state index in [1.165, 1.54) is 19.1 Å². The van der Waals surface area contributed by atoms with Gasteiger partial charge in [-0.25, -0.2) is 4.79 Å². The van der Waals surface area contributed by atoms with Crippen molar-refractivity contribution in [2.24, 2.45) is 0 Å². The Morgan fingerprint density at radius 3 is 2.05 bits per heavy atom. The molecule has 0 aromatic heterocycles. The molecule has 0 atom stereocenters. The number of likely N-dealkylation sites (tertiary alicyclic amines) is 1. The maximum atomic E-state index is 12.7. The summed E-state index contributed by atoms with van der Waals surface area (Å²) < 4.78 is 10.4. The minimum absolute atomic E-state index is 0.00839. The summed E-state index contributed by atoms with van der Waals surface area (Å²) in [4.78, 5) is 25.2. The first kappa shape index (κ1) is 16.1. The number of carbonyl (C=O) groups is 2. The molecule has 0 spiro atoms. The predicted molar refractivity (Wildman–Crippen MR) is 77.3 cm³/mol. The van der Waals surface area contributed by atoms with Crippen molar-refractivity contribution < 1.29 is 29.3 Å². The van der Waals surface area contributed by atoms with Crippen LogP contribution in [0.2, 0.25) is 0 Å². The van der Waals surface area contributed by atoms with Gasteiger partial charge >= 0.3 is 5.97 Å². The van der Waals surface area contributed by atoms with Crippen molar-refractivity contribution in [3.63, 3.8) is 0 Å². The van der Waals surface area contributed by atoms with E-state index in [2.05, 4.69) is 0 Å². The number of hydrogen-bond donors (Lipinski definition) is 2. The first-order valence-corrected chi connectivity index (χ1v) is 6.89. The molecule has 2 rings (SSSR count). The third kappa shape index (κ3) is 2.85. The number of carboxylic acid groups (broad SMARTS) is 1. The molecule has 7 nitrogen and oxygen atoms in total. The maximum Gasteiger partial charge on any atom is 0.335 e. The summed E-state index contributed by atoms with van der Waals surface area (Å²) in [5, 5.41) is 18.9. The van der Waals surface area contributed by atoms with Crippen LogP contribution in [-0.2, 0) is 4.79 Å². The van der Waals surface area contributed by atoms with E-state index >= 15 is 0 Å². The van der Waals surface area contributed by atoms with Crippen LogP contribution in [-0.4, -0.2) is 59.9 Å². The van der Waals surface area contributed by atoms with Crippen molar-refractivity contribution in [3.05, 3.63) is 23.8 Å². The fraction of sp³-hybridized carbons (Fsp3) is 0.467. The highest BCUT2D eigenvalue weighted by atomic mass is 16.5. The zero-order valence-electron chi connectivity index (χ0n) is 12.5. The number of hydrogen-bond acceptors (Lipinski definition) is 5. The minimum atomic E-state index is -1.76. The van der Waals surface area contributed by atoms with Gasteiger partial charge in [-0.3, -0.25) is 4.79 Å². The van der Waals surface area contributed by atoms with Gasteiger partial charge in [-0.05, 0) is 12.1 Å². The highest BCUT2D eigenvalue weighted by molar-refractivity contribution is 6.00. The fourth-order valence-corrected chi connectivity index (χ4v) is 2.51. The third-order valence-electron chi connectivity index (χ3n) is 3.92. The molecule has 1 aromatic carbocycles. The molecule has 0 unspecified atom stereocenters. The minimum Gasteiger partial charge on any atom is -0.496 e. The van der Waals surface area contributed by atoms with E-state index < -0.39 is 11.6 Å². The molecular formula is C15H19NO6. The van der Waals surface area contributed by atoms with Gasteiger partial charge in [0.15, 0.2) is 5.60 Å². The van der Waals surface area contributed by atoms with E-state index in [1.807, 2.05) is 0 Å². The number of ether oxygens (including phenoxy) is 2. The lowest BCUT2D eigenvalue weighted by Gasteiger charge is -2.35. The zero-order chi connectivity index (χ0) is 16.3. The highest BCUT2D eigenvalue weighted by Crippen LogP contribution is 2.31. The lowest BCUT2D eigenvalue weighted by Crippen LogP contribution is -2.50. The number of carbonyl (C=O) groups excluding carboxylic acids is 1. The first-order chi connectivity index (χ1) is 10.4. The van der Waals surface area contributed by atoms with Gasteiger partial charge < -0.3 is 24.6 Å². The molecular weight excluding hydrogens is 290 g/mol. The fourth-order valence-electron chi connectivity index (χ4n) is 2.51. The first-order valence-electron chi connectivity index (χ1n) is 6.89. The molecule has 1 fully saturated rings. The van der Waals surface area contributed by atoms with E-state index in [0.717, 1.165) is 0 Å². The molecule has 7 heteroatoms. The van der Waals surface area contributed by atoms with Crippen molar-refractivity contribution in [1.29, 1.82) is 0 Å². The Hall–Kier alpha value is -2.28. The Balaban J connectivity index is 2.22. The van der Waals surface area contributed by atoms with Gasteiger partial charge in [0.05, 0.1) is 14.2 Å². The van der Waals surface area contributed by atoms with Crippen LogP contribution in [0.5, 0.6) is 11.5 Å². The van der Waals surface area contributed by atoms with Crippen LogP contribution in [0.25, 0.3) is 0 Å². The molecule has 1 aromatic rings. The Morgan fingerprint density at radius 1 is 1.14 bits per heavy atom. The topological polar surface area (TPSA) is 96.3 Å². The van der Waals surface area contributed by atoms with Gasteiger partial charge in [-0.2, -0.15) is 0 Å². The van der Waals surface area contributed by atoms with Crippen molar-refractivity contribution in [2.45, 2.75) is 18.4 Å². The van der Waals surface area contributed by atoms with E-state index in [1.54, 1.807) is 18.2 Å². The SMILES string of the molecule is COc1cccc(OC)c1C(=O)N1CCC(O)(C(=O)O)CC1. The predicted octanol–water partition coefficient (Wildman–Crippen LogP) is 0.755. The van der Waals surface area contributed by atoms with Crippen LogP contribution in [0.15, 0.2) is 18.2 Å². The van der Waals surface area contributed by atoms with Gasteiger partial charge in [-0.1, -0.05) is 6.07 Å². The van der Waals surface area contributed by atoms with Crippen LogP contribution in [0.4, 0.5) is 0 Å². The summed E-state index contributed by atoms with van der Waals surface area (Å²) in [6, 6.07) is 5.04. The second-order valence-corrected chi connectivity index (χ2v) is 5.17. The quantitative estimate of drug-likeness (QED) is 0.852. The largest absolute Gasteiger partial charge is 0.496 e. The highest BCUT2D eigenvalue weighted by Gasteiger charge is 2.41. The Labute approximate surface area is 128 Å². The number of rotatable bonds is 4. The smallest absolute Gasteiger partial charge is 0.335 e. The number of benzene rings is 1.